The van der Waals surface area contributed by atoms with E-state index in [2.05, 4.69) is 4.52 Å². The minimum atomic E-state index is -4.71. The van der Waals surface area contributed by atoms with Crippen molar-refractivity contribution in [1.82, 2.24) is 0 Å². The Labute approximate surface area is 126 Å². The summed E-state index contributed by atoms with van der Waals surface area (Å²) < 4.78 is 14.8. The number of hydrogen-bond donors (Lipinski definition) is 2. The van der Waals surface area contributed by atoms with E-state index in [1.165, 1.54) is 18.2 Å². The van der Waals surface area contributed by atoms with Gasteiger partial charge in [-0.3, -0.25) is 14.1 Å². The van der Waals surface area contributed by atoms with Gasteiger partial charge in [0.25, 0.3) is 0 Å². The number of hydrogen-bond acceptors (Lipinski definition) is 4. The summed E-state index contributed by atoms with van der Waals surface area (Å²) in [6.45, 7) is -0.757. The fraction of sp³-hybridized carbons (Fsp3) is 0.0667. The maximum Gasteiger partial charge on any atom is 0.470 e. The van der Waals surface area contributed by atoms with Crippen LogP contribution in [0.1, 0.15) is 26.3 Å². The predicted molar refractivity (Wildman–Crippen MR) is 78.6 cm³/mol. The molecule has 0 saturated carbocycles. The third-order valence-electron chi connectivity index (χ3n) is 2.85. The molecule has 0 radical (unpaired) electrons. The van der Waals surface area contributed by atoms with Crippen LogP contribution in [-0.4, -0.2) is 28.0 Å². The zero-order valence-electron chi connectivity index (χ0n) is 11.4. The molecule has 22 heavy (non-hydrogen) atoms. The van der Waals surface area contributed by atoms with E-state index in [-0.39, 0.29) is 11.3 Å². The van der Waals surface area contributed by atoms with Crippen LogP contribution in [0.3, 0.4) is 0 Å². The first kappa shape index (κ1) is 16.3. The normalized spacial score (nSPS) is 11.2. The van der Waals surface area contributed by atoms with Crippen molar-refractivity contribution in [3.8, 4) is 0 Å². The number of carbonyl (C=O) groups is 2. The molecule has 0 aliphatic carbocycles. The molecule has 2 aromatic carbocycles. The first-order valence-corrected chi connectivity index (χ1v) is 7.83. The first-order chi connectivity index (χ1) is 10.4. The van der Waals surface area contributed by atoms with Crippen molar-refractivity contribution in [2.45, 2.75) is 0 Å². The van der Waals surface area contributed by atoms with Gasteiger partial charge >= 0.3 is 7.82 Å². The molecule has 2 N–H and O–H groups in total. The smallest absolute Gasteiger partial charge is 0.303 e. The largest absolute Gasteiger partial charge is 0.470 e. The quantitative estimate of drug-likeness (QED) is 0.625. The van der Waals surface area contributed by atoms with Gasteiger partial charge in [0.1, 0.15) is 6.61 Å². The van der Waals surface area contributed by atoms with Crippen LogP contribution in [-0.2, 0) is 9.09 Å². The maximum atomic E-state index is 12.3. The van der Waals surface area contributed by atoms with Crippen molar-refractivity contribution < 1.29 is 28.5 Å². The maximum absolute atomic E-state index is 12.3. The van der Waals surface area contributed by atoms with Gasteiger partial charge in [0.05, 0.1) is 0 Å². The van der Waals surface area contributed by atoms with Gasteiger partial charge < -0.3 is 9.79 Å². The average Bonchev–Trinajstić information content (AvgIpc) is 2.52. The van der Waals surface area contributed by atoms with Gasteiger partial charge in [0.15, 0.2) is 11.6 Å². The lowest BCUT2D eigenvalue weighted by Gasteiger charge is -2.06. The summed E-state index contributed by atoms with van der Waals surface area (Å²) in [5, 5.41) is 0. The highest BCUT2D eigenvalue weighted by Crippen LogP contribution is 2.35. The highest BCUT2D eigenvalue weighted by Gasteiger charge is 2.18. The van der Waals surface area contributed by atoms with Crippen LogP contribution in [0.2, 0.25) is 0 Å². The summed E-state index contributed by atoms with van der Waals surface area (Å²) in [6, 6.07) is 14.5. The van der Waals surface area contributed by atoms with E-state index in [1.54, 1.807) is 36.4 Å². The Morgan fingerprint density at radius 3 is 2.14 bits per heavy atom. The Bertz CT molecular complexity index is 735. The number of phosphoric acid groups is 1. The van der Waals surface area contributed by atoms with Crippen molar-refractivity contribution in [3.05, 3.63) is 71.3 Å². The molecule has 0 spiro atoms. The summed E-state index contributed by atoms with van der Waals surface area (Å²) in [5.74, 6) is -0.864. The molecule has 0 saturated heterocycles. The van der Waals surface area contributed by atoms with Crippen molar-refractivity contribution in [3.63, 3.8) is 0 Å². The van der Waals surface area contributed by atoms with Crippen LogP contribution in [0.5, 0.6) is 0 Å². The van der Waals surface area contributed by atoms with E-state index in [0.29, 0.717) is 11.1 Å². The zero-order chi connectivity index (χ0) is 16.2. The van der Waals surface area contributed by atoms with E-state index in [4.69, 9.17) is 9.79 Å². The van der Waals surface area contributed by atoms with Gasteiger partial charge in [-0.05, 0) is 6.07 Å². The lowest BCUT2D eigenvalue weighted by Crippen LogP contribution is -2.09. The van der Waals surface area contributed by atoms with Crippen LogP contribution in [0, 0.1) is 0 Å². The third-order valence-corrected chi connectivity index (χ3v) is 3.31. The van der Waals surface area contributed by atoms with Crippen LogP contribution in [0.15, 0.2) is 54.6 Å². The van der Waals surface area contributed by atoms with Gasteiger partial charge in [-0.1, -0.05) is 48.5 Å². The standard InChI is InChI=1S/C15H13O6P/c16-14(10-21-22(18,19)20)12-7-4-8-13(9-12)15(17)11-5-2-1-3-6-11/h1-9H,10H2,(H2,18,19,20). The van der Waals surface area contributed by atoms with Gasteiger partial charge in [-0.25, -0.2) is 4.57 Å². The molecule has 0 bridgehead atoms. The number of carbonyl (C=O) groups excluding carboxylic acids is 2. The highest BCUT2D eigenvalue weighted by molar-refractivity contribution is 7.46. The average molecular weight is 320 g/mol. The number of rotatable bonds is 6. The second kappa shape index (κ2) is 6.77. The summed E-state index contributed by atoms with van der Waals surface area (Å²) in [5.41, 5.74) is 0.946. The van der Waals surface area contributed by atoms with E-state index in [0.717, 1.165) is 0 Å². The Kier molecular flexibility index (Phi) is 5.00. The molecule has 0 aromatic heterocycles. The van der Waals surface area contributed by atoms with Crippen LogP contribution in [0.4, 0.5) is 0 Å². The number of ketones is 2. The molecular weight excluding hydrogens is 307 g/mol. The Hall–Kier alpha value is -2.11. The monoisotopic (exact) mass is 320 g/mol. The zero-order valence-corrected chi connectivity index (χ0v) is 12.3. The molecule has 0 atom stereocenters. The molecule has 6 nitrogen and oxygen atoms in total. The molecule has 0 heterocycles. The number of phosphoric ester groups is 1. The summed E-state index contributed by atoms with van der Waals surface area (Å²) >= 11 is 0. The molecule has 0 aliphatic heterocycles. The summed E-state index contributed by atoms with van der Waals surface area (Å²) in [4.78, 5) is 41.3. The minimum absolute atomic E-state index is 0.148. The molecule has 2 aromatic rings. The van der Waals surface area contributed by atoms with Crippen molar-refractivity contribution in [2.24, 2.45) is 0 Å². The molecule has 2 rings (SSSR count). The molecule has 0 fully saturated rings. The Morgan fingerprint density at radius 1 is 0.909 bits per heavy atom. The summed E-state index contributed by atoms with van der Waals surface area (Å²) in [7, 11) is -4.71. The van der Waals surface area contributed by atoms with Crippen molar-refractivity contribution in [2.75, 3.05) is 6.61 Å². The van der Waals surface area contributed by atoms with Crippen LogP contribution >= 0.6 is 7.82 Å². The third kappa shape index (κ3) is 4.44. The number of Topliss-reactive ketones (excluding diaryl/α,β-unsaturated/α-hetero) is 1. The van der Waals surface area contributed by atoms with Crippen molar-refractivity contribution in [1.29, 1.82) is 0 Å². The van der Waals surface area contributed by atoms with Crippen molar-refractivity contribution >= 4 is 19.4 Å². The van der Waals surface area contributed by atoms with E-state index in [1.807, 2.05) is 0 Å². The SMILES string of the molecule is O=C(COP(=O)(O)O)c1cccc(C(=O)c2ccccc2)c1. The second-order valence-corrected chi connectivity index (χ2v) is 5.70. The number of benzene rings is 2. The van der Waals surface area contributed by atoms with Crippen LogP contribution < -0.4 is 0 Å². The molecule has 0 amide bonds. The molecule has 0 unspecified atom stereocenters. The molecule has 0 aliphatic rings. The van der Waals surface area contributed by atoms with Gasteiger partial charge in [0.2, 0.25) is 0 Å². The Morgan fingerprint density at radius 2 is 1.50 bits per heavy atom. The second-order valence-electron chi connectivity index (χ2n) is 4.46. The predicted octanol–water partition coefficient (Wildman–Crippen LogP) is 2.21. The lowest BCUT2D eigenvalue weighted by atomic mass is 10.0. The fourth-order valence-electron chi connectivity index (χ4n) is 1.82. The molecule has 7 heteroatoms. The molecule has 114 valence electrons. The van der Waals surface area contributed by atoms with Gasteiger partial charge in [-0.2, -0.15) is 0 Å². The minimum Gasteiger partial charge on any atom is -0.303 e. The first-order valence-electron chi connectivity index (χ1n) is 6.30. The fourth-order valence-corrected chi connectivity index (χ4v) is 2.10. The Balaban J connectivity index is 2.18. The van der Waals surface area contributed by atoms with E-state index < -0.39 is 20.2 Å². The summed E-state index contributed by atoms with van der Waals surface area (Å²) in [6.07, 6.45) is 0. The lowest BCUT2D eigenvalue weighted by molar-refractivity contribution is 0.0884. The van der Waals surface area contributed by atoms with E-state index in [9.17, 15) is 14.2 Å². The van der Waals surface area contributed by atoms with Gasteiger partial charge in [-0.15, -0.1) is 0 Å². The van der Waals surface area contributed by atoms with Gasteiger partial charge in [0, 0.05) is 16.7 Å². The van der Waals surface area contributed by atoms with Crippen LogP contribution in [0.25, 0.3) is 0 Å². The highest BCUT2D eigenvalue weighted by atomic mass is 31.2. The topological polar surface area (TPSA) is 101 Å². The molecular formula is C15H13O6P. The van der Waals surface area contributed by atoms with E-state index >= 15 is 0 Å².